The predicted molar refractivity (Wildman–Crippen MR) is 140 cm³/mol. The molecule has 1 unspecified atom stereocenters. The number of aryl methyl sites for hydroxylation is 2. The van der Waals surface area contributed by atoms with Crippen LogP contribution in [0.25, 0.3) is 0 Å². The molecule has 2 rings (SSSR count). The summed E-state index contributed by atoms with van der Waals surface area (Å²) in [5.74, 6) is -0.988. The molecule has 2 amide bonds. The number of hydrogen-bond acceptors (Lipinski definition) is 5. The van der Waals surface area contributed by atoms with Crippen LogP contribution in [0.4, 0.5) is 0 Å². The number of amides is 2. The lowest BCUT2D eigenvalue weighted by Gasteiger charge is -2.23. The Labute approximate surface area is 214 Å². The summed E-state index contributed by atoms with van der Waals surface area (Å²) in [6, 6.07) is 15.3. The molecule has 7 heteroatoms. The van der Waals surface area contributed by atoms with Crippen LogP contribution in [0.1, 0.15) is 57.6 Å². The van der Waals surface area contributed by atoms with Crippen LogP contribution in [0.3, 0.4) is 0 Å². The molecule has 2 aromatic carbocycles. The van der Waals surface area contributed by atoms with Gasteiger partial charge in [0.05, 0.1) is 13.2 Å². The van der Waals surface area contributed by atoms with E-state index in [9.17, 15) is 19.2 Å². The fourth-order valence-corrected chi connectivity index (χ4v) is 3.90. The van der Waals surface area contributed by atoms with E-state index in [-0.39, 0.29) is 31.1 Å². The standard InChI is InChI=1S/C29H38N2O5/c1-5-24(28(34)26(32)16-14-22-12-9-13-23(19-22)36-4)31-29(35)25(18-20(2)3)30-27(33)17-15-21-10-7-6-8-11-21/h6-13,19-20,24-25H,5,14-18H2,1-4H3,(H,30,33)(H,31,35)/t24?,25-/m0/s1. The van der Waals surface area contributed by atoms with E-state index in [1.54, 1.807) is 14.0 Å². The van der Waals surface area contributed by atoms with Crippen LogP contribution in [0, 0.1) is 5.92 Å². The Hall–Kier alpha value is -3.48. The maximum atomic E-state index is 13.0. The molecular weight excluding hydrogens is 456 g/mol. The van der Waals surface area contributed by atoms with Crippen molar-refractivity contribution in [1.29, 1.82) is 0 Å². The van der Waals surface area contributed by atoms with Gasteiger partial charge in [0.15, 0.2) is 0 Å². The lowest BCUT2D eigenvalue weighted by Crippen LogP contribution is -2.52. The van der Waals surface area contributed by atoms with Crippen molar-refractivity contribution < 1.29 is 23.9 Å². The van der Waals surface area contributed by atoms with Gasteiger partial charge in [0.1, 0.15) is 11.8 Å². The number of hydrogen-bond donors (Lipinski definition) is 2. The molecule has 0 bridgehead atoms. The Morgan fingerprint density at radius 3 is 2.14 bits per heavy atom. The van der Waals surface area contributed by atoms with E-state index in [0.717, 1.165) is 11.1 Å². The second-order valence-electron chi connectivity index (χ2n) is 9.34. The van der Waals surface area contributed by atoms with Gasteiger partial charge in [0.2, 0.25) is 23.4 Å². The first-order chi connectivity index (χ1) is 17.2. The van der Waals surface area contributed by atoms with Crippen molar-refractivity contribution in [2.45, 2.75) is 71.4 Å². The lowest BCUT2D eigenvalue weighted by molar-refractivity contribution is -0.139. The van der Waals surface area contributed by atoms with Gasteiger partial charge in [-0.3, -0.25) is 19.2 Å². The van der Waals surface area contributed by atoms with Crippen LogP contribution in [0.2, 0.25) is 0 Å². The van der Waals surface area contributed by atoms with Gasteiger partial charge in [-0.1, -0.05) is 63.2 Å². The third-order valence-electron chi connectivity index (χ3n) is 5.93. The Kier molecular flexibility index (Phi) is 11.8. The predicted octanol–water partition coefficient (Wildman–Crippen LogP) is 3.82. The van der Waals surface area contributed by atoms with Gasteiger partial charge < -0.3 is 15.4 Å². The van der Waals surface area contributed by atoms with Crippen molar-refractivity contribution in [2.24, 2.45) is 5.92 Å². The first-order valence-corrected chi connectivity index (χ1v) is 12.6. The quantitative estimate of drug-likeness (QED) is 0.367. The number of nitrogens with one attached hydrogen (secondary N) is 2. The summed E-state index contributed by atoms with van der Waals surface area (Å²) >= 11 is 0. The summed E-state index contributed by atoms with van der Waals surface area (Å²) in [5, 5.41) is 5.52. The first-order valence-electron chi connectivity index (χ1n) is 12.6. The number of ketones is 2. The molecule has 0 heterocycles. The zero-order valence-corrected chi connectivity index (χ0v) is 21.7. The van der Waals surface area contributed by atoms with Crippen molar-refractivity contribution in [3.05, 3.63) is 65.7 Å². The normalized spacial score (nSPS) is 12.5. The summed E-state index contributed by atoms with van der Waals surface area (Å²) in [5.41, 5.74) is 1.93. The minimum absolute atomic E-state index is 0.0457. The molecule has 2 atom stereocenters. The van der Waals surface area contributed by atoms with Crippen LogP contribution in [0.15, 0.2) is 54.6 Å². The fraction of sp³-hybridized carbons (Fsp3) is 0.448. The third kappa shape index (κ3) is 9.64. The van der Waals surface area contributed by atoms with Gasteiger partial charge in [-0.25, -0.2) is 0 Å². The number of methoxy groups -OCH3 is 1. The number of carbonyl (C=O) groups excluding carboxylic acids is 4. The third-order valence-corrected chi connectivity index (χ3v) is 5.93. The van der Waals surface area contributed by atoms with Crippen molar-refractivity contribution in [1.82, 2.24) is 10.6 Å². The molecule has 0 aliphatic rings. The highest BCUT2D eigenvalue weighted by molar-refractivity contribution is 6.39. The van der Waals surface area contributed by atoms with Crippen molar-refractivity contribution in [3.8, 4) is 5.75 Å². The van der Waals surface area contributed by atoms with Crippen LogP contribution in [-0.2, 0) is 32.0 Å². The zero-order valence-electron chi connectivity index (χ0n) is 21.7. The minimum atomic E-state index is -0.925. The van der Waals surface area contributed by atoms with Crippen molar-refractivity contribution >= 4 is 23.4 Å². The van der Waals surface area contributed by atoms with Crippen LogP contribution >= 0.6 is 0 Å². The topological polar surface area (TPSA) is 102 Å². The SMILES string of the molecule is CCC(NC(=O)[C@H](CC(C)C)NC(=O)CCc1ccccc1)C(=O)C(=O)CCc1cccc(OC)c1. The largest absolute Gasteiger partial charge is 0.497 e. The van der Waals surface area contributed by atoms with Gasteiger partial charge in [-0.2, -0.15) is 0 Å². The summed E-state index contributed by atoms with van der Waals surface area (Å²) in [7, 11) is 1.57. The van der Waals surface area contributed by atoms with E-state index in [1.165, 1.54) is 0 Å². The maximum Gasteiger partial charge on any atom is 0.243 e. The number of rotatable bonds is 15. The van der Waals surface area contributed by atoms with E-state index in [2.05, 4.69) is 10.6 Å². The number of benzene rings is 2. The molecule has 0 fully saturated rings. The van der Waals surface area contributed by atoms with Crippen LogP contribution in [0.5, 0.6) is 5.75 Å². The number of ether oxygens (including phenoxy) is 1. The molecule has 0 radical (unpaired) electrons. The molecule has 2 N–H and O–H groups in total. The van der Waals surface area contributed by atoms with Crippen molar-refractivity contribution in [2.75, 3.05) is 7.11 Å². The minimum Gasteiger partial charge on any atom is -0.497 e. The molecular formula is C29H38N2O5. The Bertz CT molecular complexity index is 1020. The lowest BCUT2D eigenvalue weighted by atomic mass is 9.98. The first kappa shape index (κ1) is 28.8. The van der Waals surface area contributed by atoms with Gasteiger partial charge in [0, 0.05) is 12.8 Å². The molecule has 7 nitrogen and oxygen atoms in total. The monoisotopic (exact) mass is 494 g/mol. The molecule has 0 saturated heterocycles. The van der Waals surface area contributed by atoms with Gasteiger partial charge in [-0.05, 0) is 54.9 Å². The van der Waals surface area contributed by atoms with Crippen LogP contribution < -0.4 is 15.4 Å². The summed E-state index contributed by atoms with van der Waals surface area (Å²) in [6.07, 6.45) is 1.98. The molecule has 36 heavy (non-hydrogen) atoms. The summed E-state index contributed by atoms with van der Waals surface area (Å²) in [4.78, 5) is 51.0. The van der Waals surface area contributed by atoms with E-state index < -0.39 is 29.6 Å². The molecule has 0 aliphatic carbocycles. The van der Waals surface area contributed by atoms with Gasteiger partial charge >= 0.3 is 0 Å². The van der Waals surface area contributed by atoms with E-state index in [1.807, 2.05) is 68.4 Å². The number of Topliss-reactive ketones (excluding diaryl/α,β-unsaturated/α-hetero) is 2. The highest BCUT2D eigenvalue weighted by atomic mass is 16.5. The van der Waals surface area contributed by atoms with Gasteiger partial charge in [0.25, 0.3) is 0 Å². The summed E-state index contributed by atoms with van der Waals surface area (Å²) < 4.78 is 5.19. The second kappa shape index (κ2) is 14.8. The van der Waals surface area contributed by atoms with E-state index >= 15 is 0 Å². The zero-order chi connectivity index (χ0) is 26.5. The highest BCUT2D eigenvalue weighted by Gasteiger charge is 2.29. The molecule has 194 valence electrons. The Balaban J connectivity index is 1.94. The smallest absolute Gasteiger partial charge is 0.243 e. The maximum absolute atomic E-state index is 13.0. The van der Waals surface area contributed by atoms with Crippen molar-refractivity contribution in [3.63, 3.8) is 0 Å². The molecule has 2 aromatic rings. The second-order valence-corrected chi connectivity index (χ2v) is 9.34. The molecule has 0 spiro atoms. The molecule has 0 saturated carbocycles. The molecule has 0 aliphatic heterocycles. The molecule has 0 aromatic heterocycles. The average Bonchev–Trinajstić information content (AvgIpc) is 2.88. The highest BCUT2D eigenvalue weighted by Crippen LogP contribution is 2.14. The Morgan fingerprint density at radius 1 is 0.833 bits per heavy atom. The van der Waals surface area contributed by atoms with Gasteiger partial charge in [-0.15, -0.1) is 0 Å². The fourth-order valence-electron chi connectivity index (χ4n) is 3.90. The van der Waals surface area contributed by atoms with Crippen LogP contribution in [-0.4, -0.2) is 42.6 Å². The average molecular weight is 495 g/mol. The Morgan fingerprint density at radius 2 is 1.50 bits per heavy atom. The van der Waals surface area contributed by atoms with E-state index in [0.29, 0.717) is 25.0 Å². The summed E-state index contributed by atoms with van der Waals surface area (Å²) in [6.45, 7) is 5.66. The number of carbonyl (C=O) groups is 4. The van der Waals surface area contributed by atoms with E-state index in [4.69, 9.17) is 4.74 Å².